The molecule has 8 heteroatoms. The summed E-state index contributed by atoms with van der Waals surface area (Å²) in [6, 6.07) is 3.98. The van der Waals surface area contributed by atoms with Crippen LogP contribution in [0.15, 0.2) is 29.8 Å². The molecule has 0 aliphatic heterocycles. The summed E-state index contributed by atoms with van der Waals surface area (Å²) in [4.78, 5) is 34.8. The van der Waals surface area contributed by atoms with Crippen LogP contribution >= 0.6 is 0 Å². The number of hydrogen-bond donors (Lipinski definition) is 2. The Kier molecular flexibility index (Phi) is 7.34. The van der Waals surface area contributed by atoms with Crippen LogP contribution < -0.4 is 10.6 Å². The summed E-state index contributed by atoms with van der Waals surface area (Å²) in [5, 5.41) is 16.5. The molecule has 1 atom stereocenters. The third-order valence-corrected chi connectivity index (χ3v) is 4.48. The number of benzene rings is 1. The second-order valence-electron chi connectivity index (χ2n) is 6.44. The minimum absolute atomic E-state index is 0.0210. The quantitative estimate of drug-likeness (QED) is 0.312. The molecule has 1 amide bonds. The van der Waals surface area contributed by atoms with Crippen LogP contribution in [0.2, 0.25) is 0 Å². The van der Waals surface area contributed by atoms with E-state index in [1.54, 1.807) is 7.05 Å². The molecule has 2 N–H and O–H groups in total. The van der Waals surface area contributed by atoms with Crippen LogP contribution in [-0.4, -0.2) is 36.5 Å². The van der Waals surface area contributed by atoms with Crippen LogP contribution in [-0.2, 0) is 9.53 Å². The van der Waals surface area contributed by atoms with E-state index in [2.05, 4.69) is 16.7 Å². The first-order valence-electron chi connectivity index (χ1n) is 9.05. The largest absolute Gasteiger partial charge is 0.449 e. The summed E-state index contributed by atoms with van der Waals surface area (Å²) in [5.74, 6) is -1.17. The summed E-state index contributed by atoms with van der Waals surface area (Å²) in [6.45, 7) is 1.97. The zero-order valence-electron chi connectivity index (χ0n) is 15.6. The van der Waals surface area contributed by atoms with E-state index >= 15 is 0 Å². The van der Waals surface area contributed by atoms with E-state index in [9.17, 15) is 19.7 Å². The first-order valence-corrected chi connectivity index (χ1v) is 9.05. The van der Waals surface area contributed by atoms with Gasteiger partial charge in [0, 0.05) is 19.7 Å². The number of amides is 1. The molecular formula is C19H25N3O5. The minimum Gasteiger partial charge on any atom is -0.449 e. The molecule has 146 valence electrons. The molecule has 0 heterocycles. The van der Waals surface area contributed by atoms with Crippen LogP contribution in [0, 0.1) is 10.1 Å². The van der Waals surface area contributed by atoms with Crippen molar-refractivity contribution in [3.05, 3.63) is 45.5 Å². The van der Waals surface area contributed by atoms with Gasteiger partial charge in [0.1, 0.15) is 5.69 Å². The Hall–Kier alpha value is -2.90. The molecule has 0 bridgehead atoms. The van der Waals surface area contributed by atoms with Gasteiger partial charge in [-0.25, -0.2) is 4.79 Å². The Morgan fingerprint density at radius 3 is 2.74 bits per heavy atom. The summed E-state index contributed by atoms with van der Waals surface area (Å²) in [7, 11) is 1.55. The lowest BCUT2D eigenvalue weighted by Gasteiger charge is -2.15. The fourth-order valence-corrected chi connectivity index (χ4v) is 2.92. The number of nitro groups is 1. The fourth-order valence-electron chi connectivity index (χ4n) is 2.92. The van der Waals surface area contributed by atoms with Gasteiger partial charge in [0.25, 0.3) is 11.6 Å². The van der Waals surface area contributed by atoms with Crippen molar-refractivity contribution in [2.24, 2.45) is 0 Å². The van der Waals surface area contributed by atoms with E-state index in [-0.39, 0.29) is 17.2 Å². The maximum atomic E-state index is 12.2. The number of allylic oxidation sites excluding steroid dienone is 1. The fraction of sp³-hybridized carbons (Fsp3) is 0.474. The average Bonchev–Trinajstić information content (AvgIpc) is 2.67. The number of hydrogen-bond acceptors (Lipinski definition) is 6. The molecule has 0 spiro atoms. The van der Waals surface area contributed by atoms with Crippen molar-refractivity contribution in [2.75, 3.05) is 18.9 Å². The number of ether oxygens (including phenoxy) is 1. The van der Waals surface area contributed by atoms with Crippen molar-refractivity contribution in [3.8, 4) is 0 Å². The highest BCUT2D eigenvalue weighted by atomic mass is 16.6. The molecule has 0 aromatic heterocycles. The van der Waals surface area contributed by atoms with Crippen molar-refractivity contribution < 1.29 is 19.2 Å². The molecule has 1 aromatic rings. The number of nitro benzene ring substituents is 1. The Morgan fingerprint density at radius 2 is 2.11 bits per heavy atom. The van der Waals surface area contributed by atoms with Gasteiger partial charge in [0.15, 0.2) is 6.10 Å². The van der Waals surface area contributed by atoms with Gasteiger partial charge in [-0.2, -0.15) is 0 Å². The summed E-state index contributed by atoms with van der Waals surface area (Å²) >= 11 is 0. The van der Waals surface area contributed by atoms with Gasteiger partial charge in [0.05, 0.1) is 10.5 Å². The third-order valence-electron chi connectivity index (χ3n) is 4.48. The monoisotopic (exact) mass is 375 g/mol. The Bertz CT molecular complexity index is 745. The SMILES string of the molecule is CNc1ccc(C(=O)O[C@@H](C)C(=O)NCCC2=CCCCC2)cc1[N+](=O)[O-]. The Morgan fingerprint density at radius 1 is 1.33 bits per heavy atom. The molecule has 0 saturated carbocycles. The summed E-state index contributed by atoms with van der Waals surface area (Å²) in [6.07, 6.45) is 6.60. The zero-order chi connectivity index (χ0) is 19.8. The maximum Gasteiger partial charge on any atom is 0.339 e. The highest BCUT2D eigenvalue weighted by molar-refractivity contribution is 5.93. The number of nitrogens with one attached hydrogen (secondary N) is 2. The van der Waals surface area contributed by atoms with Crippen molar-refractivity contribution in [2.45, 2.75) is 45.1 Å². The number of nitrogens with zero attached hydrogens (tertiary/aromatic N) is 1. The van der Waals surface area contributed by atoms with Gasteiger partial charge in [0.2, 0.25) is 0 Å². The van der Waals surface area contributed by atoms with E-state index < -0.39 is 17.0 Å². The van der Waals surface area contributed by atoms with Crippen molar-refractivity contribution in [1.82, 2.24) is 5.32 Å². The second-order valence-corrected chi connectivity index (χ2v) is 6.44. The van der Waals surface area contributed by atoms with Gasteiger partial charge >= 0.3 is 5.97 Å². The van der Waals surface area contributed by atoms with Crippen molar-refractivity contribution in [3.63, 3.8) is 0 Å². The predicted molar refractivity (Wildman–Crippen MR) is 102 cm³/mol. The van der Waals surface area contributed by atoms with Crippen LogP contribution in [0.1, 0.15) is 49.4 Å². The second kappa shape index (κ2) is 9.70. The molecule has 1 aliphatic carbocycles. The average molecular weight is 375 g/mol. The molecule has 2 rings (SSSR count). The summed E-state index contributed by atoms with van der Waals surface area (Å²) < 4.78 is 5.14. The number of anilines is 1. The van der Waals surface area contributed by atoms with Crippen molar-refractivity contribution >= 4 is 23.3 Å². The van der Waals surface area contributed by atoms with E-state index in [1.807, 2.05) is 0 Å². The molecule has 0 fully saturated rings. The lowest BCUT2D eigenvalue weighted by molar-refractivity contribution is -0.384. The number of rotatable bonds is 8. The van der Waals surface area contributed by atoms with Gasteiger partial charge in [-0.1, -0.05) is 11.6 Å². The molecule has 0 radical (unpaired) electrons. The molecular weight excluding hydrogens is 350 g/mol. The van der Waals surface area contributed by atoms with Crippen molar-refractivity contribution in [1.29, 1.82) is 0 Å². The molecule has 1 aliphatic rings. The zero-order valence-corrected chi connectivity index (χ0v) is 15.6. The molecule has 0 unspecified atom stereocenters. The van der Waals surface area contributed by atoms with E-state index in [1.165, 1.54) is 37.5 Å². The van der Waals surface area contributed by atoms with Gasteiger partial charge < -0.3 is 15.4 Å². The predicted octanol–water partition coefficient (Wildman–Crippen LogP) is 3.19. The van der Waals surface area contributed by atoms with Gasteiger partial charge in [-0.15, -0.1) is 0 Å². The van der Waals surface area contributed by atoms with Gasteiger partial charge in [-0.05, 0) is 51.2 Å². The number of esters is 1. The highest BCUT2D eigenvalue weighted by Gasteiger charge is 2.22. The number of carbonyl (C=O) groups is 2. The van der Waals surface area contributed by atoms with E-state index in [4.69, 9.17) is 4.74 Å². The van der Waals surface area contributed by atoms with Crippen LogP contribution in [0.3, 0.4) is 0 Å². The molecule has 27 heavy (non-hydrogen) atoms. The lowest BCUT2D eigenvalue weighted by Crippen LogP contribution is -2.36. The summed E-state index contributed by atoms with van der Waals surface area (Å²) in [5.41, 5.74) is 1.43. The first kappa shape index (κ1) is 20.4. The standard InChI is InChI=1S/C19H25N3O5/c1-13(18(23)21-11-10-14-6-4-3-5-7-14)27-19(24)15-8-9-16(20-2)17(12-15)22(25)26/h6,8-9,12-13,20H,3-5,7,10-11H2,1-2H3,(H,21,23)/t13-/m0/s1. The van der Waals surface area contributed by atoms with E-state index in [0.29, 0.717) is 12.2 Å². The molecule has 0 saturated heterocycles. The Balaban J connectivity index is 1.88. The minimum atomic E-state index is -0.985. The highest BCUT2D eigenvalue weighted by Crippen LogP contribution is 2.25. The van der Waals surface area contributed by atoms with Crippen LogP contribution in [0.5, 0.6) is 0 Å². The first-order chi connectivity index (χ1) is 12.9. The van der Waals surface area contributed by atoms with Gasteiger partial charge in [-0.3, -0.25) is 14.9 Å². The maximum absolute atomic E-state index is 12.2. The lowest BCUT2D eigenvalue weighted by atomic mass is 9.97. The smallest absolute Gasteiger partial charge is 0.339 e. The topological polar surface area (TPSA) is 111 Å². The number of carbonyl (C=O) groups excluding carboxylic acids is 2. The van der Waals surface area contributed by atoms with Crippen LogP contribution in [0.25, 0.3) is 0 Å². The van der Waals surface area contributed by atoms with Crippen LogP contribution in [0.4, 0.5) is 11.4 Å². The Labute approximate surface area is 158 Å². The third kappa shape index (κ3) is 5.80. The van der Waals surface area contributed by atoms with E-state index in [0.717, 1.165) is 25.3 Å². The molecule has 8 nitrogen and oxygen atoms in total. The normalized spacial score (nSPS) is 14.7. The molecule has 1 aromatic carbocycles.